The van der Waals surface area contributed by atoms with Crippen LogP contribution in [-0.4, -0.2) is 47.1 Å². The molecule has 0 atom stereocenters. The molecule has 0 saturated carbocycles. The number of carbonyl (C=O) groups excluding carboxylic acids is 1. The Kier molecular flexibility index (Phi) is 3.10. The smallest absolute Gasteiger partial charge is 0.272 e. The van der Waals surface area contributed by atoms with Gasteiger partial charge in [-0.05, 0) is 25.5 Å². The molecule has 1 saturated heterocycles. The molecule has 6 heteroatoms. The molecule has 3 N–H and O–H groups in total. The van der Waals surface area contributed by atoms with E-state index in [0.717, 1.165) is 22.2 Å². The van der Waals surface area contributed by atoms with E-state index in [1.165, 1.54) is 0 Å². The standard InChI is InChI=1S/C14H18N4O2/c1-8-9(2)16-12-10(8)7-11(17-13(12)15)14(19)18-3-5-20-6-4-18/h7,16H,3-6H2,1-2H3,(H2,15,17). The SMILES string of the molecule is Cc1[nH]c2c(N)nc(C(=O)N3CCOCC3)cc2c1C. The molecule has 1 amide bonds. The van der Waals surface area contributed by atoms with Crippen LogP contribution in [-0.2, 0) is 4.74 Å². The van der Waals surface area contributed by atoms with Gasteiger partial charge in [-0.15, -0.1) is 0 Å². The summed E-state index contributed by atoms with van der Waals surface area (Å²) in [5.41, 5.74) is 9.32. The van der Waals surface area contributed by atoms with Gasteiger partial charge in [0.25, 0.3) is 5.91 Å². The van der Waals surface area contributed by atoms with Gasteiger partial charge in [-0.3, -0.25) is 4.79 Å². The van der Waals surface area contributed by atoms with Crippen molar-refractivity contribution in [2.24, 2.45) is 0 Å². The second kappa shape index (κ2) is 4.79. The lowest BCUT2D eigenvalue weighted by molar-refractivity contribution is 0.0299. The molecule has 1 fully saturated rings. The number of rotatable bonds is 1. The van der Waals surface area contributed by atoms with E-state index in [2.05, 4.69) is 9.97 Å². The van der Waals surface area contributed by atoms with Crippen LogP contribution in [0.15, 0.2) is 6.07 Å². The number of anilines is 1. The highest BCUT2D eigenvalue weighted by Gasteiger charge is 2.21. The fourth-order valence-electron chi connectivity index (χ4n) is 2.51. The molecule has 0 spiro atoms. The summed E-state index contributed by atoms with van der Waals surface area (Å²) in [6, 6.07) is 1.82. The number of aryl methyl sites for hydroxylation is 2. The number of carbonyl (C=O) groups is 1. The highest BCUT2D eigenvalue weighted by molar-refractivity contribution is 6.00. The van der Waals surface area contributed by atoms with Crippen molar-refractivity contribution in [3.8, 4) is 0 Å². The minimum atomic E-state index is -0.0832. The van der Waals surface area contributed by atoms with Gasteiger partial charge in [0.2, 0.25) is 0 Å². The molecule has 0 unspecified atom stereocenters. The van der Waals surface area contributed by atoms with Crippen LogP contribution < -0.4 is 5.73 Å². The maximum atomic E-state index is 12.5. The Morgan fingerprint density at radius 3 is 2.80 bits per heavy atom. The molecule has 3 heterocycles. The van der Waals surface area contributed by atoms with Gasteiger partial charge in [-0.1, -0.05) is 0 Å². The zero-order valence-electron chi connectivity index (χ0n) is 11.7. The third-order valence-corrected chi connectivity index (χ3v) is 3.84. The van der Waals surface area contributed by atoms with Gasteiger partial charge in [0.05, 0.1) is 18.7 Å². The fourth-order valence-corrected chi connectivity index (χ4v) is 2.51. The predicted octanol–water partition coefficient (Wildman–Crippen LogP) is 1.23. The van der Waals surface area contributed by atoms with Crippen molar-refractivity contribution >= 4 is 22.6 Å². The highest BCUT2D eigenvalue weighted by Crippen LogP contribution is 2.26. The first-order valence-electron chi connectivity index (χ1n) is 6.70. The van der Waals surface area contributed by atoms with Crippen LogP contribution >= 0.6 is 0 Å². The number of pyridine rings is 1. The molecular formula is C14H18N4O2. The Morgan fingerprint density at radius 2 is 2.10 bits per heavy atom. The average Bonchev–Trinajstić information content (AvgIpc) is 2.76. The van der Waals surface area contributed by atoms with E-state index < -0.39 is 0 Å². The molecule has 0 radical (unpaired) electrons. The third kappa shape index (κ3) is 2.02. The monoisotopic (exact) mass is 274 g/mol. The Labute approximate surface area is 116 Å². The lowest BCUT2D eigenvalue weighted by Crippen LogP contribution is -2.41. The Bertz CT molecular complexity index is 671. The molecule has 0 bridgehead atoms. The van der Waals surface area contributed by atoms with Crippen molar-refractivity contribution in [1.29, 1.82) is 0 Å². The third-order valence-electron chi connectivity index (χ3n) is 3.84. The van der Waals surface area contributed by atoms with Crippen molar-refractivity contribution in [2.75, 3.05) is 32.0 Å². The second-order valence-electron chi connectivity index (χ2n) is 5.09. The van der Waals surface area contributed by atoms with E-state index in [-0.39, 0.29) is 5.91 Å². The van der Waals surface area contributed by atoms with Crippen molar-refractivity contribution in [1.82, 2.24) is 14.9 Å². The number of morpholine rings is 1. The van der Waals surface area contributed by atoms with Gasteiger partial charge in [-0.2, -0.15) is 0 Å². The van der Waals surface area contributed by atoms with Gasteiger partial charge in [0.15, 0.2) is 0 Å². The summed E-state index contributed by atoms with van der Waals surface area (Å²) in [6.45, 7) is 6.35. The predicted molar refractivity (Wildman–Crippen MR) is 76.7 cm³/mol. The lowest BCUT2D eigenvalue weighted by atomic mass is 10.1. The van der Waals surface area contributed by atoms with Gasteiger partial charge >= 0.3 is 0 Å². The maximum absolute atomic E-state index is 12.5. The number of aromatic amines is 1. The van der Waals surface area contributed by atoms with Crippen LogP contribution in [0.1, 0.15) is 21.7 Å². The number of fused-ring (bicyclic) bond motifs is 1. The summed E-state index contributed by atoms with van der Waals surface area (Å²) in [7, 11) is 0. The number of nitrogens with two attached hydrogens (primary N) is 1. The zero-order valence-corrected chi connectivity index (χ0v) is 11.7. The summed E-state index contributed by atoms with van der Waals surface area (Å²) in [6.07, 6.45) is 0. The Balaban J connectivity index is 2.03. The minimum Gasteiger partial charge on any atom is -0.382 e. The van der Waals surface area contributed by atoms with Gasteiger partial charge in [0.1, 0.15) is 11.5 Å². The number of amides is 1. The van der Waals surface area contributed by atoms with Crippen molar-refractivity contribution < 1.29 is 9.53 Å². The normalized spacial score (nSPS) is 15.8. The average molecular weight is 274 g/mol. The number of nitrogen functional groups attached to an aromatic ring is 1. The molecule has 20 heavy (non-hydrogen) atoms. The van der Waals surface area contributed by atoms with E-state index in [4.69, 9.17) is 10.5 Å². The van der Waals surface area contributed by atoms with Crippen LogP contribution in [0.5, 0.6) is 0 Å². The van der Waals surface area contributed by atoms with E-state index in [1.807, 2.05) is 19.9 Å². The maximum Gasteiger partial charge on any atom is 0.272 e. The number of hydrogen-bond acceptors (Lipinski definition) is 4. The first kappa shape index (κ1) is 12.9. The summed E-state index contributed by atoms with van der Waals surface area (Å²) in [5.74, 6) is 0.287. The molecule has 1 aliphatic rings. The van der Waals surface area contributed by atoms with E-state index in [9.17, 15) is 4.79 Å². The molecule has 0 aliphatic carbocycles. The number of nitrogens with zero attached hydrogens (tertiary/aromatic N) is 2. The molecule has 2 aromatic heterocycles. The van der Waals surface area contributed by atoms with Gasteiger partial charge in [0, 0.05) is 24.2 Å². The second-order valence-corrected chi connectivity index (χ2v) is 5.09. The highest BCUT2D eigenvalue weighted by atomic mass is 16.5. The Hall–Kier alpha value is -2.08. The molecule has 6 nitrogen and oxygen atoms in total. The first-order chi connectivity index (χ1) is 9.58. The lowest BCUT2D eigenvalue weighted by Gasteiger charge is -2.26. The molecular weight excluding hydrogens is 256 g/mol. The number of nitrogens with one attached hydrogen (secondary N) is 1. The minimum absolute atomic E-state index is 0.0832. The largest absolute Gasteiger partial charge is 0.382 e. The Morgan fingerprint density at radius 1 is 1.40 bits per heavy atom. The molecule has 3 rings (SSSR count). The van der Waals surface area contributed by atoms with Gasteiger partial charge in [-0.25, -0.2) is 4.98 Å². The summed E-state index contributed by atoms with van der Waals surface area (Å²) >= 11 is 0. The topological polar surface area (TPSA) is 84.2 Å². The summed E-state index contributed by atoms with van der Waals surface area (Å²) in [4.78, 5) is 21.7. The zero-order chi connectivity index (χ0) is 14.3. The van der Waals surface area contributed by atoms with Crippen LogP contribution in [0.4, 0.5) is 5.82 Å². The fraction of sp³-hybridized carbons (Fsp3) is 0.429. The summed E-state index contributed by atoms with van der Waals surface area (Å²) < 4.78 is 5.26. The van der Waals surface area contributed by atoms with Crippen LogP contribution in [0.3, 0.4) is 0 Å². The van der Waals surface area contributed by atoms with Crippen LogP contribution in [0.25, 0.3) is 10.9 Å². The van der Waals surface area contributed by atoms with Crippen LogP contribution in [0, 0.1) is 13.8 Å². The quantitative estimate of drug-likeness (QED) is 0.819. The van der Waals surface area contributed by atoms with Crippen molar-refractivity contribution in [2.45, 2.75) is 13.8 Å². The van der Waals surface area contributed by atoms with Crippen LogP contribution in [0.2, 0.25) is 0 Å². The van der Waals surface area contributed by atoms with Gasteiger partial charge < -0.3 is 20.4 Å². The van der Waals surface area contributed by atoms with E-state index in [0.29, 0.717) is 37.8 Å². The number of H-pyrrole nitrogens is 1. The molecule has 106 valence electrons. The van der Waals surface area contributed by atoms with Crippen molar-refractivity contribution in [3.63, 3.8) is 0 Å². The van der Waals surface area contributed by atoms with Crippen molar-refractivity contribution in [3.05, 3.63) is 23.0 Å². The number of aromatic nitrogens is 2. The van der Waals surface area contributed by atoms with E-state index in [1.54, 1.807) is 4.90 Å². The number of ether oxygens (including phenoxy) is 1. The summed E-state index contributed by atoms with van der Waals surface area (Å²) in [5, 5.41) is 0.964. The molecule has 0 aromatic carbocycles. The molecule has 1 aliphatic heterocycles. The number of hydrogen-bond donors (Lipinski definition) is 2. The first-order valence-corrected chi connectivity index (χ1v) is 6.70. The van der Waals surface area contributed by atoms with E-state index >= 15 is 0 Å². The molecule has 2 aromatic rings.